The van der Waals surface area contributed by atoms with Gasteiger partial charge in [0.05, 0.1) is 12.1 Å². The normalized spacial score (nSPS) is 19.1. The average molecular weight is 356 g/mol. The Morgan fingerprint density at radius 2 is 1.92 bits per heavy atom. The van der Waals surface area contributed by atoms with Crippen molar-refractivity contribution in [3.63, 3.8) is 0 Å². The van der Waals surface area contributed by atoms with Crippen LogP contribution in [0.15, 0.2) is 18.3 Å². The molecule has 2 N–H and O–H groups in total. The van der Waals surface area contributed by atoms with Crippen LogP contribution < -0.4 is 15.5 Å². The summed E-state index contributed by atoms with van der Waals surface area (Å²) >= 11 is 0. The van der Waals surface area contributed by atoms with Crippen LogP contribution in [0.25, 0.3) is 0 Å². The highest BCUT2D eigenvalue weighted by Gasteiger charge is 2.31. The molecular formula is C17H23F3N4O. The molecule has 1 aromatic heterocycles. The smallest absolute Gasteiger partial charge is 0.356 e. The summed E-state index contributed by atoms with van der Waals surface area (Å²) in [6.07, 6.45) is 0.537. The van der Waals surface area contributed by atoms with Gasteiger partial charge >= 0.3 is 6.18 Å². The second kappa shape index (κ2) is 7.59. The van der Waals surface area contributed by atoms with Crippen molar-refractivity contribution < 1.29 is 18.0 Å². The third-order valence-corrected chi connectivity index (χ3v) is 4.67. The topological polar surface area (TPSA) is 57.3 Å². The molecule has 1 aliphatic carbocycles. The number of halogens is 3. The fourth-order valence-electron chi connectivity index (χ4n) is 2.98. The number of hydrogen-bond donors (Lipinski definition) is 2. The number of carbonyl (C=O) groups excluding carboxylic acids is 1. The lowest BCUT2D eigenvalue weighted by Gasteiger charge is -2.33. The summed E-state index contributed by atoms with van der Waals surface area (Å²) in [4.78, 5) is 17.8. The molecule has 1 aliphatic heterocycles. The van der Waals surface area contributed by atoms with E-state index >= 15 is 0 Å². The Balaban J connectivity index is 1.41. The molecule has 2 fully saturated rings. The van der Waals surface area contributed by atoms with Crippen molar-refractivity contribution in [1.82, 2.24) is 15.6 Å². The van der Waals surface area contributed by atoms with Gasteiger partial charge in [-0.05, 0) is 50.3 Å². The first kappa shape index (κ1) is 18.0. The summed E-state index contributed by atoms with van der Waals surface area (Å²) in [6, 6.07) is 2.58. The molecule has 1 aromatic rings. The second-order valence-corrected chi connectivity index (χ2v) is 6.81. The van der Waals surface area contributed by atoms with Crippen LogP contribution in [0.1, 0.15) is 31.2 Å². The van der Waals surface area contributed by atoms with Crippen molar-refractivity contribution in [1.29, 1.82) is 0 Å². The van der Waals surface area contributed by atoms with Crippen LogP contribution in [-0.4, -0.2) is 43.1 Å². The van der Waals surface area contributed by atoms with Gasteiger partial charge in [0.15, 0.2) is 0 Å². The molecule has 138 valence electrons. The van der Waals surface area contributed by atoms with Crippen LogP contribution in [0.4, 0.5) is 19.0 Å². The van der Waals surface area contributed by atoms with Crippen molar-refractivity contribution in [2.24, 2.45) is 5.92 Å². The molecule has 0 bridgehead atoms. The summed E-state index contributed by atoms with van der Waals surface area (Å²) in [7, 11) is 0. The molecule has 0 radical (unpaired) electrons. The SMILES string of the molecule is O=C(CNCC1CC1)NC1CCN(c2ccc(C(F)(F)F)cn2)CC1. The number of aromatic nitrogens is 1. The molecule has 2 heterocycles. The highest BCUT2D eigenvalue weighted by Crippen LogP contribution is 2.30. The van der Waals surface area contributed by atoms with E-state index in [1.165, 1.54) is 18.9 Å². The summed E-state index contributed by atoms with van der Waals surface area (Å²) in [5, 5.41) is 6.18. The van der Waals surface area contributed by atoms with Gasteiger partial charge in [-0.25, -0.2) is 4.98 Å². The van der Waals surface area contributed by atoms with Crippen molar-refractivity contribution in [2.45, 2.75) is 37.9 Å². The minimum Gasteiger partial charge on any atom is -0.356 e. The van der Waals surface area contributed by atoms with E-state index in [0.29, 0.717) is 25.5 Å². The lowest BCUT2D eigenvalue weighted by atomic mass is 10.0. The zero-order valence-electron chi connectivity index (χ0n) is 14.0. The Kier molecular flexibility index (Phi) is 5.46. The number of nitrogens with one attached hydrogen (secondary N) is 2. The number of alkyl halides is 3. The quantitative estimate of drug-likeness (QED) is 0.820. The molecule has 8 heteroatoms. The molecule has 3 rings (SSSR count). The van der Waals surface area contributed by atoms with E-state index in [1.807, 2.05) is 4.90 Å². The fraction of sp³-hybridized carbons (Fsp3) is 0.647. The molecule has 2 aliphatic rings. The zero-order valence-corrected chi connectivity index (χ0v) is 14.0. The summed E-state index contributed by atoms with van der Waals surface area (Å²) in [5.41, 5.74) is -0.739. The largest absolute Gasteiger partial charge is 0.417 e. The minimum atomic E-state index is -4.36. The molecule has 1 amide bonds. The molecule has 1 saturated heterocycles. The summed E-state index contributed by atoms with van der Waals surface area (Å²) < 4.78 is 37.7. The van der Waals surface area contributed by atoms with Crippen molar-refractivity contribution in [3.05, 3.63) is 23.9 Å². The van der Waals surface area contributed by atoms with Crippen molar-refractivity contribution >= 4 is 11.7 Å². The highest BCUT2D eigenvalue weighted by atomic mass is 19.4. The van der Waals surface area contributed by atoms with Gasteiger partial charge < -0.3 is 15.5 Å². The van der Waals surface area contributed by atoms with Gasteiger partial charge in [0, 0.05) is 25.3 Å². The van der Waals surface area contributed by atoms with Gasteiger partial charge in [0.25, 0.3) is 0 Å². The van der Waals surface area contributed by atoms with Gasteiger partial charge in [-0.1, -0.05) is 0 Å². The van der Waals surface area contributed by atoms with Gasteiger partial charge in [-0.3, -0.25) is 4.79 Å². The molecule has 0 atom stereocenters. The maximum absolute atomic E-state index is 12.6. The van der Waals surface area contributed by atoms with E-state index < -0.39 is 11.7 Å². The molecular weight excluding hydrogens is 333 g/mol. The third-order valence-electron chi connectivity index (χ3n) is 4.67. The summed E-state index contributed by atoms with van der Waals surface area (Å²) in [5.74, 6) is 1.29. The number of pyridine rings is 1. The first-order valence-electron chi connectivity index (χ1n) is 8.70. The van der Waals surface area contributed by atoms with Gasteiger partial charge in [-0.2, -0.15) is 13.2 Å². The molecule has 25 heavy (non-hydrogen) atoms. The predicted octanol–water partition coefficient (Wildman–Crippen LogP) is 2.19. The Morgan fingerprint density at radius 3 is 2.48 bits per heavy atom. The Morgan fingerprint density at radius 1 is 1.20 bits per heavy atom. The number of nitrogens with zero attached hydrogens (tertiary/aromatic N) is 2. The Labute approximate surface area is 145 Å². The van der Waals surface area contributed by atoms with E-state index in [2.05, 4.69) is 15.6 Å². The third kappa shape index (κ3) is 5.32. The molecule has 0 aromatic carbocycles. The number of anilines is 1. The lowest BCUT2D eigenvalue weighted by Crippen LogP contribution is -2.47. The monoisotopic (exact) mass is 356 g/mol. The van der Waals surface area contributed by atoms with Gasteiger partial charge in [0.2, 0.25) is 5.91 Å². The lowest BCUT2D eigenvalue weighted by molar-refractivity contribution is -0.137. The van der Waals surface area contributed by atoms with E-state index in [9.17, 15) is 18.0 Å². The van der Waals surface area contributed by atoms with Crippen LogP contribution in [0, 0.1) is 5.92 Å². The van der Waals surface area contributed by atoms with Crippen LogP contribution >= 0.6 is 0 Å². The maximum atomic E-state index is 12.6. The van der Waals surface area contributed by atoms with Gasteiger partial charge in [-0.15, -0.1) is 0 Å². The minimum absolute atomic E-state index is 0.00625. The van der Waals surface area contributed by atoms with E-state index in [-0.39, 0.29) is 11.9 Å². The average Bonchev–Trinajstić information content (AvgIpc) is 3.39. The summed E-state index contributed by atoms with van der Waals surface area (Å²) in [6.45, 7) is 2.58. The van der Waals surface area contributed by atoms with Crippen LogP contribution in [0.5, 0.6) is 0 Å². The molecule has 1 saturated carbocycles. The molecule has 0 spiro atoms. The number of carbonyl (C=O) groups is 1. The second-order valence-electron chi connectivity index (χ2n) is 6.81. The number of hydrogen-bond acceptors (Lipinski definition) is 4. The first-order chi connectivity index (χ1) is 11.9. The Hall–Kier alpha value is -1.83. The molecule has 5 nitrogen and oxygen atoms in total. The van der Waals surface area contributed by atoms with Crippen LogP contribution in [-0.2, 0) is 11.0 Å². The number of piperidine rings is 1. The first-order valence-corrected chi connectivity index (χ1v) is 8.70. The van der Waals surface area contributed by atoms with Crippen LogP contribution in [0.2, 0.25) is 0 Å². The van der Waals surface area contributed by atoms with E-state index in [1.54, 1.807) is 0 Å². The zero-order chi connectivity index (χ0) is 17.9. The predicted molar refractivity (Wildman–Crippen MR) is 88.2 cm³/mol. The van der Waals surface area contributed by atoms with E-state index in [4.69, 9.17) is 0 Å². The fourth-order valence-corrected chi connectivity index (χ4v) is 2.98. The van der Waals surface area contributed by atoms with Gasteiger partial charge in [0.1, 0.15) is 5.82 Å². The maximum Gasteiger partial charge on any atom is 0.417 e. The van der Waals surface area contributed by atoms with E-state index in [0.717, 1.165) is 37.6 Å². The highest BCUT2D eigenvalue weighted by molar-refractivity contribution is 5.78. The molecule has 0 unspecified atom stereocenters. The number of amides is 1. The van der Waals surface area contributed by atoms with Crippen molar-refractivity contribution in [2.75, 3.05) is 31.1 Å². The Bertz CT molecular complexity index is 579. The standard InChI is InChI=1S/C17H23F3N4O/c18-17(19,20)13-3-4-15(22-10-13)24-7-5-14(6-8-24)23-16(25)11-21-9-12-1-2-12/h3-4,10,12,14,21H,1-2,5-9,11H2,(H,23,25). The van der Waals surface area contributed by atoms with Crippen LogP contribution in [0.3, 0.4) is 0 Å². The number of rotatable bonds is 6. The van der Waals surface area contributed by atoms with Crippen molar-refractivity contribution in [3.8, 4) is 0 Å².